The molecule has 0 radical (unpaired) electrons. The molecule has 1 saturated carbocycles. The molecule has 0 unspecified atom stereocenters. The first-order valence-electron chi connectivity index (χ1n) is 2.61. The lowest BCUT2D eigenvalue weighted by molar-refractivity contribution is -0.122. The first-order chi connectivity index (χ1) is 3.75. The third-order valence-corrected chi connectivity index (χ3v) is 1.30. The van der Waals surface area contributed by atoms with Gasteiger partial charge in [-0.3, -0.25) is 4.79 Å². The third kappa shape index (κ3) is 0.804. The molecule has 3 heteroatoms. The van der Waals surface area contributed by atoms with E-state index in [0.29, 0.717) is 6.42 Å². The summed E-state index contributed by atoms with van der Waals surface area (Å²) in [4.78, 5) is 10.4. The number of rotatable bonds is 1. The van der Waals surface area contributed by atoms with Crippen molar-refractivity contribution >= 4 is 5.91 Å². The molecule has 0 saturated heterocycles. The van der Waals surface area contributed by atoms with Crippen molar-refractivity contribution in [2.24, 2.45) is 5.92 Å². The van der Waals surface area contributed by atoms with Crippen LogP contribution in [-0.2, 0) is 4.79 Å². The SMILES string of the molecule is CNC(=O)[C@@H]1C[C@H]1F. The molecule has 46 valence electrons. The van der Waals surface area contributed by atoms with Gasteiger partial charge in [-0.15, -0.1) is 0 Å². The van der Waals surface area contributed by atoms with Crippen molar-refractivity contribution < 1.29 is 9.18 Å². The summed E-state index contributed by atoms with van der Waals surface area (Å²) in [6.45, 7) is 0. The normalized spacial score (nSPS) is 34.2. The molecule has 0 aromatic carbocycles. The van der Waals surface area contributed by atoms with Gasteiger partial charge in [-0.25, -0.2) is 4.39 Å². The van der Waals surface area contributed by atoms with Gasteiger partial charge in [0.2, 0.25) is 5.91 Å². The highest BCUT2D eigenvalue weighted by molar-refractivity contribution is 5.81. The minimum atomic E-state index is -0.866. The molecule has 0 aromatic heterocycles. The van der Waals surface area contributed by atoms with Gasteiger partial charge in [-0.2, -0.15) is 0 Å². The van der Waals surface area contributed by atoms with E-state index in [0.717, 1.165) is 0 Å². The lowest BCUT2D eigenvalue weighted by Gasteiger charge is -1.90. The van der Waals surface area contributed by atoms with Crippen LogP contribution < -0.4 is 5.32 Å². The highest BCUT2D eigenvalue weighted by Crippen LogP contribution is 2.33. The summed E-state index contributed by atoms with van der Waals surface area (Å²) in [6, 6.07) is 0. The van der Waals surface area contributed by atoms with Gasteiger partial charge in [0.15, 0.2) is 0 Å². The molecule has 0 heterocycles. The standard InChI is InChI=1S/C5H8FNO/c1-7-5(8)3-2-4(3)6/h3-4H,2H2,1H3,(H,7,8)/t3-,4-/m1/s1. The number of alkyl halides is 1. The van der Waals surface area contributed by atoms with Crippen molar-refractivity contribution in [3.63, 3.8) is 0 Å². The Kier molecular flexibility index (Phi) is 1.19. The number of carbonyl (C=O) groups is 1. The van der Waals surface area contributed by atoms with Crippen molar-refractivity contribution in [3.8, 4) is 0 Å². The quantitative estimate of drug-likeness (QED) is 0.518. The number of nitrogens with one attached hydrogen (secondary N) is 1. The summed E-state index contributed by atoms with van der Waals surface area (Å²) in [6.07, 6.45) is -0.449. The summed E-state index contributed by atoms with van der Waals surface area (Å²) >= 11 is 0. The second-order valence-electron chi connectivity index (χ2n) is 1.97. The van der Waals surface area contributed by atoms with Gasteiger partial charge in [0.25, 0.3) is 0 Å². The number of hydrogen-bond acceptors (Lipinski definition) is 1. The molecule has 1 amide bonds. The fraction of sp³-hybridized carbons (Fsp3) is 0.800. The van der Waals surface area contributed by atoms with E-state index in [9.17, 15) is 9.18 Å². The Bertz CT molecular complexity index is 115. The van der Waals surface area contributed by atoms with E-state index < -0.39 is 6.17 Å². The van der Waals surface area contributed by atoms with Crippen LogP contribution in [0.3, 0.4) is 0 Å². The van der Waals surface area contributed by atoms with Crippen LogP contribution in [0.15, 0.2) is 0 Å². The molecule has 0 aliphatic heterocycles. The molecule has 0 spiro atoms. The fourth-order valence-corrected chi connectivity index (χ4v) is 0.621. The maximum absolute atomic E-state index is 12.0. The number of hydrogen-bond donors (Lipinski definition) is 1. The topological polar surface area (TPSA) is 29.1 Å². The molecule has 1 fully saturated rings. The van der Waals surface area contributed by atoms with E-state index in [4.69, 9.17) is 0 Å². The smallest absolute Gasteiger partial charge is 0.225 e. The van der Waals surface area contributed by atoms with Crippen LogP contribution in [0, 0.1) is 5.92 Å². The van der Waals surface area contributed by atoms with E-state index in [1.165, 1.54) is 7.05 Å². The minimum absolute atomic E-state index is 0.169. The summed E-state index contributed by atoms with van der Waals surface area (Å²) in [5.74, 6) is -0.502. The van der Waals surface area contributed by atoms with Gasteiger partial charge in [0.1, 0.15) is 6.17 Å². The molecular weight excluding hydrogens is 109 g/mol. The Hall–Kier alpha value is -0.600. The van der Waals surface area contributed by atoms with Crippen LogP contribution in [0.5, 0.6) is 0 Å². The summed E-state index contributed by atoms with van der Waals surface area (Å²) in [5.41, 5.74) is 0. The lowest BCUT2D eigenvalue weighted by Crippen LogP contribution is -2.20. The third-order valence-electron chi connectivity index (χ3n) is 1.30. The maximum Gasteiger partial charge on any atom is 0.225 e. The highest BCUT2D eigenvalue weighted by atomic mass is 19.1. The second-order valence-corrected chi connectivity index (χ2v) is 1.97. The zero-order valence-corrected chi connectivity index (χ0v) is 4.65. The Labute approximate surface area is 47.1 Å². The Balaban J connectivity index is 2.28. The molecule has 1 N–H and O–H groups in total. The molecule has 1 aliphatic rings. The monoisotopic (exact) mass is 117 g/mol. The zero-order chi connectivity index (χ0) is 6.15. The fourth-order valence-electron chi connectivity index (χ4n) is 0.621. The first kappa shape index (κ1) is 5.54. The Morgan fingerprint density at radius 1 is 1.88 bits per heavy atom. The highest BCUT2D eigenvalue weighted by Gasteiger charge is 2.42. The molecule has 0 aromatic rings. The molecule has 8 heavy (non-hydrogen) atoms. The number of carbonyl (C=O) groups excluding carboxylic acids is 1. The van der Waals surface area contributed by atoms with Gasteiger partial charge in [-0.05, 0) is 6.42 Å². The van der Waals surface area contributed by atoms with Crippen molar-refractivity contribution in [1.29, 1.82) is 0 Å². The van der Waals surface area contributed by atoms with Crippen molar-refractivity contribution in [3.05, 3.63) is 0 Å². The summed E-state index contributed by atoms with van der Waals surface area (Å²) in [5, 5.41) is 2.38. The largest absolute Gasteiger partial charge is 0.359 e. The predicted molar refractivity (Wildman–Crippen MR) is 27.1 cm³/mol. The molecule has 2 nitrogen and oxygen atoms in total. The first-order valence-corrected chi connectivity index (χ1v) is 2.61. The van der Waals surface area contributed by atoms with Crippen molar-refractivity contribution in [1.82, 2.24) is 5.32 Å². The van der Waals surface area contributed by atoms with Crippen molar-refractivity contribution in [2.75, 3.05) is 7.05 Å². The van der Waals surface area contributed by atoms with Crippen LogP contribution in [0.2, 0.25) is 0 Å². The van der Waals surface area contributed by atoms with Crippen LogP contribution in [0.25, 0.3) is 0 Å². The van der Waals surface area contributed by atoms with Gasteiger partial charge in [-0.1, -0.05) is 0 Å². The average molecular weight is 117 g/mol. The number of halogens is 1. The minimum Gasteiger partial charge on any atom is -0.359 e. The maximum atomic E-state index is 12.0. The van der Waals surface area contributed by atoms with Gasteiger partial charge < -0.3 is 5.32 Å². The molecule has 1 rings (SSSR count). The van der Waals surface area contributed by atoms with Gasteiger partial charge in [0.05, 0.1) is 5.92 Å². The Morgan fingerprint density at radius 3 is 2.50 bits per heavy atom. The van der Waals surface area contributed by atoms with Gasteiger partial charge in [0, 0.05) is 7.05 Å². The zero-order valence-electron chi connectivity index (χ0n) is 4.65. The average Bonchev–Trinajstić information content (AvgIpc) is 2.45. The number of amides is 1. The molecule has 0 bridgehead atoms. The van der Waals surface area contributed by atoms with E-state index in [1.807, 2.05) is 0 Å². The van der Waals surface area contributed by atoms with Crippen LogP contribution >= 0.6 is 0 Å². The van der Waals surface area contributed by atoms with Crippen LogP contribution in [0.4, 0.5) is 4.39 Å². The van der Waals surface area contributed by atoms with Gasteiger partial charge >= 0.3 is 0 Å². The summed E-state index contributed by atoms with van der Waals surface area (Å²) in [7, 11) is 1.52. The van der Waals surface area contributed by atoms with Crippen molar-refractivity contribution in [2.45, 2.75) is 12.6 Å². The predicted octanol–water partition coefficient (Wildman–Crippen LogP) is 0.0904. The molecule has 1 aliphatic carbocycles. The van der Waals surface area contributed by atoms with E-state index in [-0.39, 0.29) is 11.8 Å². The summed E-state index contributed by atoms with van der Waals surface area (Å²) < 4.78 is 12.0. The van der Waals surface area contributed by atoms with Crippen LogP contribution in [0.1, 0.15) is 6.42 Å². The second kappa shape index (κ2) is 1.73. The lowest BCUT2D eigenvalue weighted by atomic mass is 10.4. The Morgan fingerprint density at radius 2 is 2.38 bits per heavy atom. The molecule has 2 atom stereocenters. The molecular formula is C5H8FNO. The van der Waals surface area contributed by atoms with E-state index >= 15 is 0 Å². The van der Waals surface area contributed by atoms with E-state index in [1.54, 1.807) is 0 Å². The van der Waals surface area contributed by atoms with Crippen LogP contribution in [-0.4, -0.2) is 19.1 Å². The van der Waals surface area contributed by atoms with E-state index in [2.05, 4.69) is 5.32 Å².